The van der Waals surface area contributed by atoms with E-state index in [0.717, 1.165) is 6.26 Å². The average molecular weight is 279 g/mol. The molecule has 3 N–H and O–H groups in total. The highest BCUT2D eigenvalue weighted by Gasteiger charge is 2.23. The van der Waals surface area contributed by atoms with Crippen molar-refractivity contribution in [3.63, 3.8) is 0 Å². The second-order valence-electron chi connectivity index (χ2n) is 4.20. The Morgan fingerprint density at radius 3 is 2.33 bits per heavy atom. The first-order valence-electron chi connectivity index (χ1n) is 5.50. The first kappa shape index (κ1) is 14.7. The minimum atomic E-state index is -3.37. The molecule has 8 nitrogen and oxygen atoms in total. The van der Waals surface area contributed by atoms with Crippen LogP contribution in [0.25, 0.3) is 0 Å². The van der Waals surface area contributed by atoms with E-state index in [1.807, 2.05) is 0 Å². The molecule has 1 aliphatic heterocycles. The third kappa shape index (κ3) is 5.32. The summed E-state index contributed by atoms with van der Waals surface area (Å²) in [6.45, 7) is 0.598. The molecule has 0 aromatic rings. The number of piperidine rings is 1. The number of carboxylic acid groups (broad SMARTS) is 1. The molecule has 0 bridgehead atoms. The summed E-state index contributed by atoms with van der Waals surface area (Å²) in [7, 11) is -3.37. The molecule has 1 heterocycles. The molecule has 0 spiro atoms. The van der Waals surface area contributed by atoms with Crippen LogP contribution in [0.1, 0.15) is 12.8 Å². The van der Waals surface area contributed by atoms with Crippen molar-refractivity contribution in [2.75, 3.05) is 25.9 Å². The quantitative estimate of drug-likeness (QED) is 0.597. The smallest absolute Gasteiger partial charge is 0.404 e. The summed E-state index contributed by atoms with van der Waals surface area (Å²) in [6, 6.07) is -0.144. The van der Waals surface area contributed by atoms with Crippen LogP contribution < -0.4 is 10.0 Å². The maximum atomic E-state index is 11.6. The fourth-order valence-electron chi connectivity index (χ4n) is 1.75. The Morgan fingerprint density at radius 1 is 1.33 bits per heavy atom. The SMILES string of the molecule is CS(=O)(=O)NCC(=O)N1CCC(NC(=O)O)CC1. The number of hydrogen-bond acceptors (Lipinski definition) is 4. The van der Waals surface area contributed by atoms with Crippen LogP contribution in [0.3, 0.4) is 0 Å². The number of hydrogen-bond donors (Lipinski definition) is 3. The summed E-state index contributed by atoms with van der Waals surface area (Å²) in [5.74, 6) is -0.297. The Hall–Kier alpha value is -1.35. The van der Waals surface area contributed by atoms with Crippen molar-refractivity contribution in [2.45, 2.75) is 18.9 Å². The van der Waals surface area contributed by atoms with Gasteiger partial charge in [0.05, 0.1) is 12.8 Å². The Morgan fingerprint density at radius 2 is 1.89 bits per heavy atom. The van der Waals surface area contributed by atoms with Crippen LogP contribution in [0.5, 0.6) is 0 Å². The van der Waals surface area contributed by atoms with Gasteiger partial charge in [-0.15, -0.1) is 0 Å². The van der Waals surface area contributed by atoms with Crippen molar-refractivity contribution in [3.8, 4) is 0 Å². The lowest BCUT2D eigenvalue weighted by atomic mass is 10.1. The first-order valence-corrected chi connectivity index (χ1v) is 7.39. The molecule has 0 saturated carbocycles. The molecular formula is C9H17N3O5S. The second kappa shape index (κ2) is 6.01. The molecular weight excluding hydrogens is 262 g/mol. The van der Waals surface area contributed by atoms with E-state index in [0.29, 0.717) is 25.9 Å². The summed E-state index contributed by atoms with van der Waals surface area (Å²) < 4.78 is 23.8. The van der Waals surface area contributed by atoms with Gasteiger partial charge in [0.2, 0.25) is 15.9 Å². The van der Waals surface area contributed by atoms with E-state index in [9.17, 15) is 18.0 Å². The number of amides is 2. The van der Waals surface area contributed by atoms with Crippen LogP contribution in [-0.4, -0.2) is 62.4 Å². The zero-order chi connectivity index (χ0) is 13.8. The topological polar surface area (TPSA) is 116 Å². The van der Waals surface area contributed by atoms with E-state index >= 15 is 0 Å². The van der Waals surface area contributed by atoms with Crippen LogP contribution in [0.15, 0.2) is 0 Å². The van der Waals surface area contributed by atoms with E-state index < -0.39 is 16.1 Å². The standard InChI is InChI=1S/C9H17N3O5S/c1-18(16,17)10-6-8(13)12-4-2-7(3-5-12)11-9(14)15/h7,10-11H,2-6H2,1H3,(H,14,15). The average Bonchev–Trinajstić information content (AvgIpc) is 2.25. The molecule has 0 aliphatic carbocycles. The van der Waals surface area contributed by atoms with Crippen LogP contribution in [0.2, 0.25) is 0 Å². The molecule has 9 heteroatoms. The van der Waals surface area contributed by atoms with Crippen molar-refractivity contribution in [1.29, 1.82) is 0 Å². The van der Waals surface area contributed by atoms with Gasteiger partial charge in [0.25, 0.3) is 0 Å². The van der Waals surface area contributed by atoms with Crippen molar-refractivity contribution in [2.24, 2.45) is 0 Å². The lowest BCUT2D eigenvalue weighted by molar-refractivity contribution is -0.131. The fraction of sp³-hybridized carbons (Fsp3) is 0.778. The number of carbonyl (C=O) groups excluding carboxylic acids is 1. The van der Waals surface area contributed by atoms with Crippen molar-refractivity contribution < 1.29 is 23.1 Å². The zero-order valence-corrected chi connectivity index (χ0v) is 10.9. The van der Waals surface area contributed by atoms with Gasteiger partial charge in [0.1, 0.15) is 0 Å². The van der Waals surface area contributed by atoms with Gasteiger partial charge in [-0.1, -0.05) is 0 Å². The number of nitrogens with zero attached hydrogens (tertiary/aromatic N) is 1. The summed E-state index contributed by atoms with van der Waals surface area (Å²) in [4.78, 5) is 23.6. The Bertz CT molecular complexity index is 414. The largest absolute Gasteiger partial charge is 0.465 e. The van der Waals surface area contributed by atoms with E-state index in [1.54, 1.807) is 0 Å². The number of nitrogens with one attached hydrogen (secondary N) is 2. The van der Waals surface area contributed by atoms with Gasteiger partial charge in [-0.3, -0.25) is 4.79 Å². The van der Waals surface area contributed by atoms with E-state index in [-0.39, 0.29) is 18.5 Å². The normalized spacial score (nSPS) is 17.5. The maximum absolute atomic E-state index is 11.6. The monoisotopic (exact) mass is 279 g/mol. The van der Waals surface area contributed by atoms with Crippen LogP contribution in [0.4, 0.5) is 4.79 Å². The highest BCUT2D eigenvalue weighted by molar-refractivity contribution is 7.88. The lowest BCUT2D eigenvalue weighted by Gasteiger charge is -2.31. The zero-order valence-electron chi connectivity index (χ0n) is 10.0. The van der Waals surface area contributed by atoms with Crippen LogP contribution in [0, 0.1) is 0 Å². The fourth-order valence-corrected chi connectivity index (χ4v) is 2.14. The summed E-state index contributed by atoms with van der Waals surface area (Å²) in [5.41, 5.74) is 0. The Balaban J connectivity index is 2.34. The maximum Gasteiger partial charge on any atom is 0.404 e. The van der Waals surface area contributed by atoms with E-state index in [4.69, 9.17) is 5.11 Å². The molecule has 0 radical (unpaired) electrons. The van der Waals surface area contributed by atoms with Crippen molar-refractivity contribution in [1.82, 2.24) is 14.9 Å². The first-order chi connectivity index (χ1) is 8.28. The van der Waals surface area contributed by atoms with Gasteiger partial charge in [0.15, 0.2) is 0 Å². The molecule has 1 rings (SSSR count). The molecule has 0 atom stereocenters. The molecule has 0 aromatic carbocycles. The Kier molecular flexibility index (Phi) is 4.91. The molecule has 1 saturated heterocycles. The molecule has 0 aromatic heterocycles. The Labute approximate surface area is 105 Å². The van der Waals surface area contributed by atoms with Crippen molar-refractivity contribution in [3.05, 3.63) is 0 Å². The highest BCUT2D eigenvalue weighted by Crippen LogP contribution is 2.10. The minimum Gasteiger partial charge on any atom is -0.465 e. The number of carbonyl (C=O) groups is 2. The molecule has 18 heavy (non-hydrogen) atoms. The highest BCUT2D eigenvalue weighted by atomic mass is 32.2. The van der Waals surface area contributed by atoms with Crippen molar-refractivity contribution >= 4 is 22.0 Å². The third-order valence-corrected chi connectivity index (χ3v) is 3.33. The lowest BCUT2D eigenvalue weighted by Crippen LogP contribution is -2.48. The van der Waals surface area contributed by atoms with Gasteiger partial charge in [-0.2, -0.15) is 0 Å². The predicted octanol–water partition coefficient (Wildman–Crippen LogP) is -1.21. The summed E-state index contributed by atoms with van der Waals surface area (Å²) >= 11 is 0. The molecule has 1 aliphatic rings. The summed E-state index contributed by atoms with van der Waals surface area (Å²) in [6.07, 6.45) is 0.996. The second-order valence-corrected chi connectivity index (χ2v) is 6.03. The molecule has 0 unspecified atom stereocenters. The molecule has 104 valence electrons. The molecule has 2 amide bonds. The number of sulfonamides is 1. The van der Waals surface area contributed by atoms with Gasteiger partial charge in [0, 0.05) is 19.1 Å². The van der Waals surface area contributed by atoms with Gasteiger partial charge >= 0.3 is 6.09 Å². The van der Waals surface area contributed by atoms with Gasteiger partial charge in [-0.05, 0) is 12.8 Å². The summed E-state index contributed by atoms with van der Waals surface area (Å²) in [5, 5.41) is 10.9. The van der Waals surface area contributed by atoms with Gasteiger partial charge in [-0.25, -0.2) is 17.9 Å². The van der Waals surface area contributed by atoms with Crippen LogP contribution in [-0.2, 0) is 14.8 Å². The van der Waals surface area contributed by atoms with E-state index in [2.05, 4.69) is 10.0 Å². The third-order valence-electron chi connectivity index (χ3n) is 2.66. The van der Waals surface area contributed by atoms with E-state index in [1.165, 1.54) is 4.90 Å². The minimum absolute atomic E-state index is 0.144. The van der Waals surface area contributed by atoms with Gasteiger partial charge < -0.3 is 15.3 Å². The van der Waals surface area contributed by atoms with Crippen LogP contribution >= 0.6 is 0 Å². The number of likely N-dealkylation sites (tertiary alicyclic amines) is 1. The predicted molar refractivity (Wildman–Crippen MR) is 63.6 cm³/mol. The number of rotatable bonds is 4. The molecule has 1 fully saturated rings.